The Labute approximate surface area is 163 Å². The molecule has 3 unspecified atom stereocenters. The minimum Gasteiger partial charge on any atom is -0.353 e. The highest BCUT2D eigenvalue weighted by Crippen LogP contribution is 2.65. The number of amides is 1. The molecule has 0 aliphatic heterocycles. The van der Waals surface area contributed by atoms with Gasteiger partial charge in [-0.15, -0.1) is 0 Å². The van der Waals surface area contributed by atoms with E-state index < -0.39 is 9.84 Å². The first-order valence-corrected chi connectivity index (χ1v) is 11.9. The van der Waals surface area contributed by atoms with Crippen LogP contribution in [0.1, 0.15) is 64.0 Å². The predicted molar refractivity (Wildman–Crippen MR) is 106 cm³/mol. The maximum Gasteiger partial charge on any atom is 0.221 e. The van der Waals surface area contributed by atoms with Crippen LogP contribution in [0.3, 0.4) is 0 Å². The summed E-state index contributed by atoms with van der Waals surface area (Å²) in [6, 6.07) is 5.63. The fourth-order valence-electron chi connectivity index (χ4n) is 5.78. The number of hydrogen-bond acceptors (Lipinski definition) is 3. The van der Waals surface area contributed by atoms with Gasteiger partial charge in [0, 0.05) is 12.5 Å². The van der Waals surface area contributed by atoms with Gasteiger partial charge in [-0.1, -0.05) is 26.8 Å². The Hall–Kier alpha value is -1.36. The van der Waals surface area contributed by atoms with Crippen molar-refractivity contribution in [2.24, 2.45) is 16.7 Å². The molecule has 1 amide bonds. The summed E-state index contributed by atoms with van der Waals surface area (Å²) in [6.45, 7) is 6.91. The second kappa shape index (κ2) is 6.33. The van der Waals surface area contributed by atoms with E-state index in [1.165, 1.54) is 12.0 Å². The first-order valence-electron chi connectivity index (χ1n) is 10.3. The van der Waals surface area contributed by atoms with Crippen LogP contribution in [0.2, 0.25) is 0 Å². The molecular formula is C22H31NO3S. The number of sulfone groups is 1. The summed E-state index contributed by atoms with van der Waals surface area (Å²) in [5.74, 6) is 0.408. The Kier molecular flexibility index (Phi) is 4.45. The van der Waals surface area contributed by atoms with Crippen molar-refractivity contribution in [2.75, 3.05) is 5.75 Å². The number of benzene rings is 1. The zero-order chi connectivity index (χ0) is 19.4. The zero-order valence-electron chi connectivity index (χ0n) is 16.7. The van der Waals surface area contributed by atoms with Crippen molar-refractivity contribution in [1.82, 2.24) is 5.32 Å². The molecule has 2 fully saturated rings. The average Bonchev–Trinajstić information content (AvgIpc) is 3.22. The number of nitrogens with one attached hydrogen (secondary N) is 1. The number of aryl methyl sites for hydroxylation is 2. The molecule has 148 valence electrons. The van der Waals surface area contributed by atoms with Crippen LogP contribution in [0.25, 0.3) is 0 Å². The summed E-state index contributed by atoms with van der Waals surface area (Å²) < 4.78 is 25.4. The van der Waals surface area contributed by atoms with Crippen LogP contribution in [0.15, 0.2) is 23.1 Å². The van der Waals surface area contributed by atoms with Crippen molar-refractivity contribution in [3.8, 4) is 0 Å². The third-order valence-corrected chi connectivity index (χ3v) is 9.87. The highest BCUT2D eigenvalue weighted by atomic mass is 32.2. The van der Waals surface area contributed by atoms with Crippen molar-refractivity contribution in [3.63, 3.8) is 0 Å². The molecular weight excluding hydrogens is 358 g/mol. The molecule has 3 aliphatic rings. The first kappa shape index (κ1) is 19.0. The molecule has 4 rings (SSSR count). The summed E-state index contributed by atoms with van der Waals surface area (Å²) in [7, 11) is -3.42. The molecule has 3 aliphatic carbocycles. The third-order valence-electron chi connectivity index (χ3n) is 8.16. The second-order valence-corrected chi connectivity index (χ2v) is 11.7. The van der Waals surface area contributed by atoms with Gasteiger partial charge in [0.25, 0.3) is 0 Å². The Morgan fingerprint density at radius 1 is 1.19 bits per heavy atom. The summed E-state index contributed by atoms with van der Waals surface area (Å²) in [6.07, 6.45) is 6.53. The zero-order valence-corrected chi connectivity index (χ0v) is 17.5. The smallest absolute Gasteiger partial charge is 0.221 e. The highest BCUT2D eigenvalue weighted by molar-refractivity contribution is 7.91. The van der Waals surface area contributed by atoms with E-state index in [2.05, 4.69) is 26.1 Å². The summed E-state index contributed by atoms with van der Waals surface area (Å²) in [5.41, 5.74) is 2.77. The van der Waals surface area contributed by atoms with Gasteiger partial charge in [0.05, 0.1) is 10.6 Å². The van der Waals surface area contributed by atoms with Gasteiger partial charge in [-0.05, 0) is 78.5 Å². The maximum absolute atomic E-state index is 12.7. The van der Waals surface area contributed by atoms with Crippen LogP contribution in [-0.2, 0) is 27.5 Å². The molecule has 1 aromatic carbocycles. The summed E-state index contributed by atoms with van der Waals surface area (Å²) in [5, 5.41) is 3.17. The molecule has 2 saturated carbocycles. The Balaban J connectivity index is 1.38. The SMILES string of the molecule is CC1(C)C2CCC1(C)C(NC(=O)CCS(=O)(=O)c1ccc3c(c1)CCC3)C2. The molecule has 0 saturated heterocycles. The number of fused-ring (bicyclic) bond motifs is 3. The van der Waals surface area contributed by atoms with Crippen LogP contribution in [0.5, 0.6) is 0 Å². The van der Waals surface area contributed by atoms with Crippen LogP contribution in [0, 0.1) is 16.7 Å². The van der Waals surface area contributed by atoms with Crippen molar-refractivity contribution in [2.45, 2.75) is 76.7 Å². The lowest BCUT2D eigenvalue weighted by atomic mass is 9.69. The lowest BCUT2D eigenvalue weighted by Crippen LogP contribution is -2.47. The van der Waals surface area contributed by atoms with Gasteiger partial charge in [-0.3, -0.25) is 4.79 Å². The normalized spacial score (nSPS) is 31.1. The fraction of sp³-hybridized carbons (Fsp3) is 0.682. The predicted octanol–water partition coefficient (Wildman–Crippen LogP) is 3.67. The van der Waals surface area contributed by atoms with E-state index in [1.54, 1.807) is 6.07 Å². The first-order chi connectivity index (χ1) is 12.6. The molecule has 4 nitrogen and oxygen atoms in total. The molecule has 2 bridgehead atoms. The third kappa shape index (κ3) is 3.02. The lowest BCUT2D eigenvalue weighted by molar-refractivity contribution is -0.122. The standard InChI is InChI=1S/C22H31NO3S/c1-21(2)17-9-11-22(21,3)19(14-17)23-20(24)10-12-27(25,26)18-8-7-15-5-4-6-16(15)13-18/h7-8,13,17,19H,4-6,9-12,14H2,1-3H3,(H,23,24). The largest absolute Gasteiger partial charge is 0.353 e. The van der Waals surface area contributed by atoms with Gasteiger partial charge in [-0.25, -0.2) is 8.42 Å². The topological polar surface area (TPSA) is 63.2 Å². The number of hydrogen-bond donors (Lipinski definition) is 1. The van der Waals surface area contributed by atoms with Gasteiger partial charge < -0.3 is 5.32 Å². The number of carbonyl (C=O) groups excluding carboxylic acids is 1. The Morgan fingerprint density at radius 3 is 2.59 bits per heavy atom. The summed E-state index contributed by atoms with van der Waals surface area (Å²) in [4.78, 5) is 12.9. The highest BCUT2D eigenvalue weighted by Gasteiger charge is 2.61. The van der Waals surface area contributed by atoms with E-state index in [0.29, 0.717) is 10.8 Å². The molecule has 0 heterocycles. The fourth-order valence-corrected chi connectivity index (χ4v) is 7.06. The Morgan fingerprint density at radius 2 is 1.93 bits per heavy atom. The second-order valence-electron chi connectivity index (χ2n) is 9.58. The van der Waals surface area contributed by atoms with Crippen molar-refractivity contribution in [1.29, 1.82) is 0 Å². The minimum absolute atomic E-state index is 0.0388. The molecule has 27 heavy (non-hydrogen) atoms. The van der Waals surface area contributed by atoms with Crippen LogP contribution in [-0.4, -0.2) is 26.1 Å². The van der Waals surface area contributed by atoms with E-state index in [-0.39, 0.29) is 35.0 Å². The average molecular weight is 390 g/mol. The quantitative estimate of drug-likeness (QED) is 0.836. The van der Waals surface area contributed by atoms with Gasteiger partial charge in [0.15, 0.2) is 9.84 Å². The Bertz CT molecular complexity index is 874. The molecule has 1 aromatic rings. The van der Waals surface area contributed by atoms with Gasteiger partial charge in [0.1, 0.15) is 0 Å². The number of rotatable bonds is 5. The molecule has 3 atom stereocenters. The minimum atomic E-state index is -3.42. The van der Waals surface area contributed by atoms with E-state index in [4.69, 9.17) is 0 Å². The van der Waals surface area contributed by atoms with Crippen molar-refractivity contribution < 1.29 is 13.2 Å². The van der Waals surface area contributed by atoms with Crippen LogP contribution < -0.4 is 5.32 Å². The van der Waals surface area contributed by atoms with E-state index in [0.717, 1.165) is 37.7 Å². The molecule has 0 spiro atoms. The molecule has 5 heteroatoms. The van der Waals surface area contributed by atoms with Gasteiger partial charge in [0.2, 0.25) is 5.91 Å². The molecule has 0 aromatic heterocycles. The van der Waals surface area contributed by atoms with Crippen molar-refractivity contribution in [3.05, 3.63) is 29.3 Å². The van der Waals surface area contributed by atoms with Crippen LogP contribution >= 0.6 is 0 Å². The van der Waals surface area contributed by atoms with Crippen molar-refractivity contribution >= 4 is 15.7 Å². The monoisotopic (exact) mass is 389 g/mol. The van der Waals surface area contributed by atoms with Crippen LogP contribution in [0.4, 0.5) is 0 Å². The lowest BCUT2D eigenvalue weighted by Gasteiger charge is -2.39. The van der Waals surface area contributed by atoms with E-state index in [9.17, 15) is 13.2 Å². The van der Waals surface area contributed by atoms with Gasteiger partial charge in [-0.2, -0.15) is 0 Å². The number of carbonyl (C=O) groups is 1. The molecule has 0 radical (unpaired) electrons. The van der Waals surface area contributed by atoms with Gasteiger partial charge >= 0.3 is 0 Å². The molecule has 1 N–H and O–H groups in total. The van der Waals surface area contributed by atoms with E-state index in [1.807, 2.05) is 12.1 Å². The summed E-state index contributed by atoms with van der Waals surface area (Å²) >= 11 is 0. The van der Waals surface area contributed by atoms with E-state index >= 15 is 0 Å². The maximum atomic E-state index is 12.7.